The minimum Gasteiger partial charge on any atom is -0.493 e. The summed E-state index contributed by atoms with van der Waals surface area (Å²) in [7, 11) is 3.06. The van der Waals surface area contributed by atoms with Gasteiger partial charge in [0, 0.05) is 10.2 Å². The first kappa shape index (κ1) is 16.2. The molecule has 22 heavy (non-hydrogen) atoms. The smallest absolute Gasteiger partial charge is 0.262 e. The molecule has 2 aromatic carbocycles. The van der Waals surface area contributed by atoms with Crippen LogP contribution in [0.2, 0.25) is 0 Å². The summed E-state index contributed by atoms with van der Waals surface area (Å²) >= 11 is 3.34. The summed E-state index contributed by atoms with van der Waals surface area (Å²) in [4.78, 5) is 11.9. The summed E-state index contributed by atoms with van der Waals surface area (Å²) in [5.74, 6) is 1.20. The van der Waals surface area contributed by atoms with Gasteiger partial charge in [-0.3, -0.25) is 4.79 Å². The minimum absolute atomic E-state index is 0.125. The van der Waals surface area contributed by atoms with Gasteiger partial charge in [0.2, 0.25) is 5.75 Å². The van der Waals surface area contributed by atoms with Gasteiger partial charge in [-0.15, -0.1) is 0 Å². The fraction of sp³-hybridized carbons (Fsp3) is 0.188. The summed E-state index contributed by atoms with van der Waals surface area (Å²) in [5, 5.41) is 2.75. The Morgan fingerprint density at radius 2 is 1.73 bits per heavy atom. The van der Waals surface area contributed by atoms with Gasteiger partial charge < -0.3 is 19.5 Å². The van der Waals surface area contributed by atoms with Gasteiger partial charge in [0.25, 0.3) is 5.91 Å². The molecule has 6 heteroatoms. The second kappa shape index (κ2) is 7.70. The van der Waals surface area contributed by atoms with Gasteiger partial charge in [0.15, 0.2) is 18.1 Å². The molecule has 0 spiro atoms. The van der Waals surface area contributed by atoms with E-state index in [1.807, 2.05) is 12.1 Å². The number of anilines is 1. The van der Waals surface area contributed by atoms with Crippen molar-refractivity contribution in [2.75, 3.05) is 26.1 Å². The number of hydrogen-bond acceptors (Lipinski definition) is 4. The van der Waals surface area contributed by atoms with Crippen molar-refractivity contribution in [1.29, 1.82) is 0 Å². The molecule has 0 radical (unpaired) electrons. The van der Waals surface area contributed by atoms with Crippen LogP contribution in [-0.2, 0) is 4.79 Å². The quantitative estimate of drug-likeness (QED) is 0.851. The van der Waals surface area contributed by atoms with Crippen LogP contribution in [0.4, 0.5) is 5.69 Å². The van der Waals surface area contributed by atoms with Gasteiger partial charge in [-0.1, -0.05) is 22.0 Å². The lowest BCUT2D eigenvalue weighted by Gasteiger charge is -2.13. The number of nitrogens with one attached hydrogen (secondary N) is 1. The standard InChI is InChI=1S/C16H16BrNO4/c1-20-13-4-3-5-14(16(13)21-2)22-10-15(19)18-12-8-6-11(17)7-9-12/h3-9H,10H2,1-2H3,(H,18,19). The molecule has 0 aliphatic carbocycles. The molecule has 0 heterocycles. The van der Waals surface area contributed by atoms with E-state index in [9.17, 15) is 4.79 Å². The fourth-order valence-electron chi connectivity index (χ4n) is 1.84. The highest BCUT2D eigenvalue weighted by Gasteiger charge is 2.12. The molecule has 0 saturated carbocycles. The van der Waals surface area contributed by atoms with Gasteiger partial charge in [0.1, 0.15) is 0 Å². The third kappa shape index (κ3) is 4.14. The Balaban J connectivity index is 1.98. The van der Waals surface area contributed by atoms with Crippen molar-refractivity contribution < 1.29 is 19.0 Å². The zero-order valence-corrected chi connectivity index (χ0v) is 13.8. The number of hydrogen-bond donors (Lipinski definition) is 1. The number of para-hydroxylation sites is 1. The Morgan fingerprint density at radius 3 is 2.36 bits per heavy atom. The Kier molecular flexibility index (Phi) is 5.66. The third-order valence-electron chi connectivity index (χ3n) is 2.85. The normalized spacial score (nSPS) is 9.95. The van der Waals surface area contributed by atoms with E-state index in [4.69, 9.17) is 14.2 Å². The van der Waals surface area contributed by atoms with Crippen LogP contribution in [0.3, 0.4) is 0 Å². The number of amides is 1. The number of carbonyl (C=O) groups is 1. The highest BCUT2D eigenvalue weighted by Crippen LogP contribution is 2.36. The van der Waals surface area contributed by atoms with E-state index in [-0.39, 0.29) is 12.5 Å². The fourth-order valence-corrected chi connectivity index (χ4v) is 2.11. The van der Waals surface area contributed by atoms with Gasteiger partial charge >= 0.3 is 0 Å². The molecule has 0 bridgehead atoms. The predicted octanol–water partition coefficient (Wildman–Crippen LogP) is 3.48. The molecular weight excluding hydrogens is 350 g/mol. The van der Waals surface area contributed by atoms with E-state index in [1.54, 1.807) is 37.4 Å². The van der Waals surface area contributed by atoms with Crippen LogP contribution in [0.15, 0.2) is 46.9 Å². The molecule has 0 fully saturated rings. The lowest BCUT2D eigenvalue weighted by Crippen LogP contribution is -2.20. The van der Waals surface area contributed by atoms with Crippen molar-refractivity contribution in [3.8, 4) is 17.2 Å². The molecule has 0 aliphatic rings. The van der Waals surface area contributed by atoms with Crippen LogP contribution in [0.5, 0.6) is 17.2 Å². The van der Waals surface area contributed by atoms with Crippen molar-refractivity contribution in [2.24, 2.45) is 0 Å². The molecule has 0 saturated heterocycles. The predicted molar refractivity (Wildman–Crippen MR) is 87.8 cm³/mol. The second-order valence-corrected chi connectivity index (χ2v) is 5.25. The minimum atomic E-state index is -0.257. The third-order valence-corrected chi connectivity index (χ3v) is 3.38. The average Bonchev–Trinajstić information content (AvgIpc) is 2.54. The number of methoxy groups -OCH3 is 2. The van der Waals surface area contributed by atoms with Gasteiger partial charge in [-0.25, -0.2) is 0 Å². The summed E-state index contributed by atoms with van der Waals surface area (Å²) in [6.07, 6.45) is 0. The summed E-state index contributed by atoms with van der Waals surface area (Å²) in [6.45, 7) is -0.125. The van der Waals surface area contributed by atoms with E-state index in [0.29, 0.717) is 22.9 Å². The molecular formula is C16H16BrNO4. The van der Waals surface area contributed by atoms with Crippen molar-refractivity contribution in [1.82, 2.24) is 0 Å². The molecule has 0 atom stereocenters. The first-order valence-electron chi connectivity index (χ1n) is 6.53. The average molecular weight is 366 g/mol. The van der Waals surface area contributed by atoms with Gasteiger partial charge in [-0.2, -0.15) is 0 Å². The van der Waals surface area contributed by atoms with E-state index >= 15 is 0 Å². The molecule has 2 aromatic rings. The van der Waals surface area contributed by atoms with Crippen LogP contribution >= 0.6 is 15.9 Å². The van der Waals surface area contributed by atoms with E-state index < -0.39 is 0 Å². The monoisotopic (exact) mass is 365 g/mol. The largest absolute Gasteiger partial charge is 0.493 e. The van der Waals surface area contributed by atoms with E-state index in [0.717, 1.165) is 4.47 Å². The van der Waals surface area contributed by atoms with Crippen LogP contribution < -0.4 is 19.5 Å². The second-order valence-electron chi connectivity index (χ2n) is 4.34. The topological polar surface area (TPSA) is 56.8 Å². The first-order valence-corrected chi connectivity index (χ1v) is 7.32. The van der Waals surface area contributed by atoms with Gasteiger partial charge in [0.05, 0.1) is 14.2 Å². The van der Waals surface area contributed by atoms with Crippen LogP contribution in [0.1, 0.15) is 0 Å². The number of halogens is 1. The molecule has 116 valence electrons. The lowest BCUT2D eigenvalue weighted by atomic mass is 10.3. The zero-order valence-electron chi connectivity index (χ0n) is 12.3. The molecule has 0 aliphatic heterocycles. The van der Waals surface area contributed by atoms with Crippen molar-refractivity contribution >= 4 is 27.5 Å². The summed E-state index contributed by atoms with van der Waals surface area (Å²) in [6, 6.07) is 12.5. The lowest BCUT2D eigenvalue weighted by molar-refractivity contribution is -0.118. The maximum Gasteiger partial charge on any atom is 0.262 e. The zero-order chi connectivity index (χ0) is 15.9. The summed E-state index contributed by atoms with van der Waals surface area (Å²) < 4.78 is 16.9. The number of carbonyl (C=O) groups excluding carboxylic acids is 1. The van der Waals surface area contributed by atoms with Crippen LogP contribution in [-0.4, -0.2) is 26.7 Å². The van der Waals surface area contributed by atoms with Crippen LogP contribution in [0.25, 0.3) is 0 Å². The Bertz CT molecular complexity index is 643. The number of rotatable bonds is 6. The molecule has 1 N–H and O–H groups in total. The van der Waals surface area contributed by atoms with Gasteiger partial charge in [-0.05, 0) is 36.4 Å². The van der Waals surface area contributed by atoms with E-state index in [2.05, 4.69) is 21.2 Å². The first-order chi connectivity index (χ1) is 10.6. The Labute approximate surface area is 137 Å². The highest BCUT2D eigenvalue weighted by atomic mass is 79.9. The SMILES string of the molecule is COc1cccc(OCC(=O)Nc2ccc(Br)cc2)c1OC. The molecule has 5 nitrogen and oxygen atoms in total. The molecule has 0 unspecified atom stereocenters. The summed E-state index contributed by atoms with van der Waals surface area (Å²) in [5.41, 5.74) is 0.703. The van der Waals surface area contributed by atoms with Crippen LogP contribution in [0, 0.1) is 0 Å². The number of ether oxygens (including phenoxy) is 3. The van der Waals surface area contributed by atoms with Crippen molar-refractivity contribution in [2.45, 2.75) is 0 Å². The maximum absolute atomic E-state index is 11.9. The number of benzene rings is 2. The van der Waals surface area contributed by atoms with E-state index in [1.165, 1.54) is 7.11 Å². The molecule has 0 aromatic heterocycles. The van der Waals surface area contributed by atoms with Crippen molar-refractivity contribution in [3.05, 3.63) is 46.9 Å². The van der Waals surface area contributed by atoms with Crippen molar-refractivity contribution in [3.63, 3.8) is 0 Å². The highest BCUT2D eigenvalue weighted by molar-refractivity contribution is 9.10. The Morgan fingerprint density at radius 1 is 1.05 bits per heavy atom. The Hall–Kier alpha value is -2.21. The molecule has 1 amide bonds. The maximum atomic E-state index is 11.9. The molecule has 2 rings (SSSR count).